The van der Waals surface area contributed by atoms with E-state index in [1.807, 2.05) is 18.2 Å². The third kappa shape index (κ3) is 5.91. The Kier molecular flexibility index (Phi) is 7.81. The lowest BCUT2D eigenvalue weighted by Gasteiger charge is -2.39. The Bertz CT molecular complexity index is 923. The SMILES string of the molecule is COC(=O)C1(CNC(=O)c2cc(Cl)cc(Cl)c2)CCN(Cc2cccc(OC)c2)CC1. The second kappa shape index (κ2) is 10.4. The van der Waals surface area contributed by atoms with E-state index in [9.17, 15) is 9.59 Å². The Morgan fingerprint density at radius 3 is 2.35 bits per heavy atom. The smallest absolute Gasteiger partial charge is 0.313 e. The summed E-state index contributed by atoms with van der Waals surface area (Å²) in [6.45, 7) is 2.38. The van der Waals surface area contributed by atoms with E-state index in [2.05, 4.69) is 16.3 Å². The second-order valence-electron chi connectivity index (χ2n) is 7.74. The highest BCUT2D eigenvalue weighted by Crippen LogP contribution is 2.33. The topological polar surface area (TPSA) is 67.9 Å². The van der Waals surface area contributed by atoms with Crippen molar-refractivity contribution in [2.45, 2.75) is 19.4 Å². The number of carbonyl (C=O) groups is 2. The molecule has 8 heteroatoms. The van der Waals surface area contributed by atoms with Gasteiger partial charge in [0, 0.05) is 28.7 Å². The number of nitrogens with zero attached hydrogens (tertiary/aromatic N) is 1. The van der Waals surface area contributed by atoms with Crippen molar-refractivity contribution in [2.75, 3.05) is 33.9 Å². The zero-order valence-electron chi connectivity index (χ0n) is 17.6. The molecular weight excluding hydrogens is 439 g/mol. The highest BCUT2D eigenvalue weighted by molar-refractivity contribution is 6.35. The number of rotatable bonds is 7. The molecule has 31 heavy (non-hydrogen) atoms. The van der Waals surface area contributed by atoms with Crippen LogP contribution in [0.4, 0.5) is 0 Å². The van der Waals surface area contributed by atoms with Crippen LogP contribution in [0.25, 0.3) is 0 Å². The van der Waals surface area contributed by atoms with Gasteiger partial charge in [-0.15, -0.1) is 0 Å². The first-order valence-electron chi connectivity index (χ1n) is 10.0. The molecule has 1 amide bonds. The van der Waals surface area contributed by atoms with Crippen molar-refractivity contribution in [1.82, 2.24) is 10.2 Å². The van der Waals surface area contributed by atoms with Crippen molar-refractivity contribution in [1.29, 1.82) is 0 Å². The summed E-state index contributed by atoms with van der Waals surface area (Å²) in [5.74, 6) is 0.187. The summed E-state index contributed by atoms with van der Waals surface area (Å²) in [6, 6.07) is 12.6. The molecular formula is C23H26Cl2N2O4. The number of piperidine rings is 1. The Morgan fingerprint density at radius 1 is 1.06 bits per heavy atom. The average Bonchev–Trinajstić information content (AvgIpc) is 2.77. The van der Waals surface area contributed by atoms with Crippen molar-refractivity contribution in [2.24, 2.45) is 5.41 Å². The zero-order valence-corrected chi connectivity index (χ0v) is 19.1. The Balaban J connectivity index is 1.64. The van der Waals surface area contributed by atoms with E-state index in [-0.39, 0.29) is 18.4 Å². The maximum absolute atomic E-state index is 12.6. The predicted octanol–water partition coefficient (Wildman–Crippen LogP) is 4.19. The number of hydrogen-bond acceptors (Lipinski definition) is 5. The minimum atomic E-state index is -0.766. The van der Waals surface area contributed by atoms with Crippen LogP contribution >= 0.6 is 23.2 Å². The predicted molar refractivity (Wildman–Crippen MR) is 121 cm³/mol. The summed E-state index contributed by atoms with van der Waals surface area (Å²) < 4.78 is 10.4. The highest BCUT2D eigenvalue weighted by Gasteiger charge is 2.42. The molecule has 2 aromatic rings. The molecule has 0 unspecified atom stereocenters. The average molecular weight is 465 g/mol. The van der Waals surface area contributed by atoms with Gasteiger partial charge < -0.3 is 14.8 Å². The quantitative estimate of drug-likeness (QED) is 0.622. The molecule has 0 saturated carbocycles. The van der Waals surface area contributed by atoms with Crippen LogP contribution in [-0.2, 0) is 16.1 Å². The first kappa shape index (κ1) is 23.4. The van der Waals surface area contributed by atoms with E-state index in [4.69, 9.17) is 32.7 Å². The molecule has 3 rings (SSSR count). The highest BCUT2D eigenvalue weighted by atomic mass is 35.5. The number of hydrogen-bond donors (Lipinski definition) is 1. The van der Waals surface area contributed by atoms with Crippen molar-refractivity contribution in [3.05, 3.63) is 63.6 Å². The number of nitrogens with one attached hydrogen (secondary N) is 1. The molecule has 1 aliphatic heterocycles. The molecule has 1 aliphatic rings. The van der Waals surface area contributed by atoms with Gasteiger partial charge in [-0.2, -0.15) is 0 Å². The van der Waals surface area contributed by atoms with Crippen LogP contribution in [0.1, 0.15) is 28.8 Å². The summed E-state index contributed by atoms with van der Waals surface area (Å²) in [5, 5.41) is 3.63. The third-order valence-corrected chi connectivity index (χ3v) is 6.12. The van der Waals surface area contributed by atoms with Crippen molar-refractivity contribution in [3.63, 3.8) is 0 Å². The molecule has 1 saturated heterocycles. The van der Waals surface area contributed by atoms with Gasteiger partial charge >= 0.3 is 5.97 Å². The Morgan fingerprint density at radius 2 is 1.74 bits per heavy atom. The van der Waals surface area contributed by atoms with Crippen LogP contribution in [0.15, 0.2) is 42.5 Å². The van der Waals surface area contributed by atoms with Gasteiger partial charge in [-0.05, 0) is 61.8 Å². The number of benzene rings is 2. The van der Waals surface area contributed by atoms with E-state index < -0.39 is 5.41 Å². The summed E-state index contributed by atoms with van der Waals surface area (Å²) >= 11 is 12.0. The molecule has 0 bridgehead atoms. The van der Waals surface area contributed by atoms with Crippen molar-refractivity contribution < 1.29 is 19.1 Å². The van der Waals surface area contributed by atoms with Gasteiger partial charge in [0.2, 0.25) is 0 Å². The summed E-state index contributed by atoms with van der Waals surface area (Å²) in [4.78, 5) is 27.5. The monoisotopic (exact) mass is 464 g/mol. The molecule has 0 spiro atoms. The summed E-state index contributed by atoms with van der Waals surface area (Å²) in [6.07, 6.45) is 1.17. The van der Waals surface area contributed by atoms with Crippen molar-refractivity contribution in [3.8, 4) is 5.75 Å². The standard InChI is InChI=1S/C23H26Cl2N2O4/c1-30-20-5-3-4-16(10-20)14-27-8-6-23(7-9-27,22(29)31-2)15-26-21(28)17-11-18(24)13-19(25)12-17/h3-5,10-13H,6-9,14-15H2,1-2H3,(H,26,28). The van der Waals surface area contributed by atoms with Crippen LogP contribution in [0.5, 0.6) is 5.75 Å². The number of carbonyl (C=O) groups excluding carboxylic acids is 2. The van der Waals surface area contributed by atoms with Gasteiger partial charge in [-0.3, -0.25) is 14.5 Å². The van der Waals surface area contributed by atoms with E-state index in [0.29, 0.717) is 41.5 Å². The molecule has 1 N–H and O–H groups in total. The summed E-state index contributed by atoms with van der Waals surface area (Å²) in [7, 11) is 3.03. The largest absolute Gasteiger partial charge is 0.497 e. The summed E-state index contributed by atoms with van der Waals surface area (Å²) in [5.41, 5.74) is 0.738. The van der Waals surface area contributed by atoms with Crippen LogP contribution in [0.3, 0.4) is 0 Å². The van der Waals surface area contributed by atoms with Gasteiger partial charge in [-0.25, -0.2) is 0 Å². The lowest BCUT2D eigenvalue weighted by Crippen LogP contribution is -2.50. The molecule has 0 aromatic heterocycles. The molecule has 1 heterocycles. The first-order valence-corrected chi connectivity index (χ1v) is 10.8. The fraction of sp³-hybridized carbons (Fsp3) is 0.391. The molecule has 166 valence electrons. The molecule has 0 atom stereocenters. The number of esters is 1. The lowest BCUT2D eigenvalue weighted by molar-refractivity contribution is -0.155. The van der Waals surface area contributed by atoms with Crippen LogP contribution in [0, 0.1) is 5.41 Å². The molecule has 6 nitrogen and oxygen atoms in total. The van der Waals surface area contributed by atoms with Crippen LogP contribution in [0.2, 0.25) is 10.0 Å². The van der Waals surface area contributed by atoms with E-state index in [1.54, 1.807) is 25.3 Å². The Hall–Kier alpha value is -2.28. The van der Waals surface area contributed by atoms with Crippen LogP contribution < -0.4 is 10.1 Å². The molecule has 1 fully saturated rings. The number of likely N-dealkylation sites (tertiary alicyclic amines) is 1. The maximum Gasteiger partial charge on any atom is 0.313 e. The minimum absolute atomic E-state index is 0.190. The number of halogens is 2. The zero-order chi connectivity index (χ0) is 22.4. The third-order valence-electron chi connectivity index (χ3n) is 5.68. The van der Waals surface area contributed by atoms with Gasteiger partial charge in [0.1, 0.15) is 5.75 Å². The number of ether oxygens (including phenoxy) is 2. The second-order valence-corrected chi connectivity index (χ2v) is 8.61. The van der Waals surface area contributed by atoms with Gasteiger partial charge in [0.25, 0.3) is 5.91 Å². The molecule has 2 aromatic carbocycles. The van der Waals surface area contributed by atoms with Gasteiger partial charge in [-0.1, -0.05) is 35.3 Å². The van der Waals surface area contributed by atoms with E-state index in [0.717, 1.165) is 17.9 Å². The Labute approximate surface area is 192 Å². The number of methoxy groups -OCH3 is 2. The fourth-order valence-electron chi connectivity index (χ4n) is 3.87. The minimum Gasteiger partial charge on any atom is -0.497 e. The molecule has 0 aliphatic carbocycles. The van der Waals surface area contributed by atoms with Crippen molar-refractivity contribution >= 4 is 35.1 Å². The number of amides is 1. The maximum atomic E-state index is 12.6. The van der Waals surface area contributed by atoms with Gasteiger partial charge in [0.15, 0.2) is 0 Å². The van der Waals surface area contributed by atoms with E-state index >= 15 is 0 Å². The van der Waals surface area contributed by atoms with Crippen LogP contribution in [-0.4, -0.2) is 50.6 Å². The first-order chi connectivity index (χ1) is 14.8. The molecule has 0 radical (unpaired) electrons. The fourth-order valence-corrected chi connectivity index (χ4v) is 4.40. The van der Waals surface area contributed by atoms with E-state index in [1.165, 1.54) is 7.11 Å². The normalized spacial score (nSPS) is 15.9. The lowest BCUT2D eigenvalue weighted by atomic mass is 9.78. The van der Waals surface area contributed by atoms with Gasteiger partial charge in [0.05, 0.1) is 19.6 Å².